The fourth-order valence-electron chi connectivity index (χ4n) is 2.81. The van der Waals surface area contributed by atoms with E-state index in [2.05, 4.69) is 39.7 Å². The van der Waals surface area contributed by atoms with Crippen molar-refractivity contribution in [3.8, 4) is 0 Å². The summed E-state index contributed by atoms with van der Waals surface area (Å²) in [6, 6.07) is 8.70. The zero-order valence-corrected chi connectivity index (χ0v) is 12.9. The highest BCUT2D eigenvalue weighted by Gasteiger charge is 2.21. The van der Waals surface area contributed by atoms with E-state index in [1.54, 1.807) is 12.4 Å². The molecule has 1 aliphatic rings. The van der Waals surface area contributed by atoms with Gasteiger partial charge < -0.3 is 16.4 Å². The van der Waals surface area contributed by atoms with Gasteiger partial charge in [-0.15, -0.1) is 0 Å². The second-order valence-electron chi connectivity index (χ2n) is 5.98. The molecule has 0 aliphatic heterocycles. The van der Waals surface area contributed by atoms with Crippen molar-refractivity contribution in [2.24, 2.45) is 5.73 Å². The van der Waals surface area contributed by atoms with Crippen molar-refractivity contribution in [2.75, 3.05) is 10.6 Å². The van der Waals surface area contributed by atoms with Gasteiger partial charge in [0.05, 0.1) is 12.4 Å². The number of nitrogens with one attached hydrogen (secondary N) is 2. The third-order valence-electron chi connectivity index (χ3n) is 4.11. The minimum Gasteiger partial charge on any atom is -0.364 e. The molecule has 1 heterocycles. The second kappa shape index (κ2) is 6.75. The number of aromatic nitrogens is 2. The Bertz CT molecular complexity index is 611. The molecule has 3 rings (SSSR count). The van der Waals surface area contributed by atoms with Crippen LogP contribution in [0.25, 0.3) is 0 Å². The number of hydrogen-bond acceptors (Lipinski definition) is 5. The van der Waals surface area contributed by atoms with E-state index < -0.39 is 0 Å². The van der Waals surface area contributed by atoms with Gasteiger partial charge in [0.1, 0.15) is 5.82 Å². The van der Waals surface area contributed by atoms with Crippen LogP contribution in [0.3, 0.4) is 0 Å². The van der Waals surface area contributed by atoms with Crippen LogP contribution >= 0.6 is 0 Å². The summed E-state index contributed by atoms with van der Waals surface area (Å²) in [7, 11) is 0. The largest absolute Gasteiger partial charge is 0.364 e. The molecule has 2 unspecified atom stereocenters. The Morgan fingerprint density at radius 2 is 1.77 bits per heavy atom. The monoisotopic (exact) mass is 297 g/mol. The number of benzene rings is 1. The lowest BCUT2D eigenvalue weighted by Crippen LogP contribution is -2.42. The van der Waals surface area contributed by atoms with E-state index in [0.29, 0.717) is 0 Å². The maximum atomic E-state index is 6.18. The molecule has 116 valence electrons. The Labute approximate surface area is 131 Å². The van der Waals surface area contributed by atoms with Gasteiger partial charge in [-0.05, 0) is 31.9 Å². The molecule has 1 aromatic heterocycles. The molecule has 0 saturated heterocycles. The molecule has 2 atom stereocenters. The van der Waals surface area contributed by atoms with E-state index in [-0.39, 0.29) is 12.1 Å². The number of anilines is 3. The molecule has 1 fully saturated rings. The van der Waals surface area contributed by atoms with Crippen molar-refractivity contribution in [1.29, 1.82) is 0 Å². The molecule has 0 spiro atoms. The van der Waals surface area contributed by atoms with Crippen LogP contribution in [-0.4, -0.2) is 22.1 Å². The average molecular weight is 297 g/mol. The summed E-state index contributed by atoms with van der Waals surface area (Å²) in [6.45, 7) is 2.07. The van der Waals surface area contributed by atoms with Crippen LogP contribution in [0.1, 0.15) is 31.2 Å². The zero-order valence-electron chi connectivity index (χ0n) is 12.9. The number of rotatable bonds is 4. The first-order chi connectivity index (χ1) is 10.7. The maximum Gasteiger partial charge on any atom is 0.151 e. The SMILES string of the molecule is Cc1ccc(Nc2cncc(NC3CCCCC3N)n2)cc1. The summed E-state index contributed by atoms with van der Waals surface area (Å²) in [5.41, 5.74) is 8.42. The molecular formula is C17H23N5. The van der Waals surface area contributed by atoms with Gasteiger partial charge in [-0.1, -0.05) is 30.5 Å². The summed E-state index contributed by atoms with van der Waals surface area (Å²) in [4.78, 5) is 8.84. The van der Waals surface area contributed by atoms with Crippen molar-refractivity contribution in [3.63, 3.8) is 0 Å². The molecule has 0 bridgehead atoms. The highest BCUT2D eigenvalue weighted by molar-refractivity contribution is 5.57. The highest BCUT2D eigenvalue weighted by atomic mass is 15.1. The number of aryl methyl sites for hydroxylation is 1. The van der Waals surface area contributed by atoms with E-state index in [1.165, 1.54) is 18.4 Å². The first-order valence-corrected chi connectivity index (χ1v) is 7.88. The lowest BCUT2D eigenvalue weighted by molar-refractivity contribution is 0.403. The second-order valence-corrected chi connectivity index (χ2v) is 5.98. The smallest absolute Gasteiger partial charge is 0.151 e. The molecule has 5 heteroatoms. The van der Waals surface area contributed by atoms with Crippen molar-refractivity contribution in [2.45, 2.75) is 44.7 Å². The first kappa shape index (κ1) is 14.8. The third-order valence-corrected chi connectivity index (χ3v) is 4.11. The van der Waals surface area contributed by atoms with Crippen LogP contribution in [-0.2, 0) is 0 Å². The predicted octanol–water partition coefficient (Wildman–Crippen LogP) is 3.21. The number of nitrogens with zero attached hydrogens (tertiary/aromatic N) is 2. The molecule has 0 radical (unpaired) electrons. The molecular weight excluding hydrogens is 274 g/mol. The van der Waals surface area contributed by atoms with Crippen LogP contribution in [0.4, 0.5) is 17.3 Å². The van der Waals surface area contributed by atoms with Crippen molar-refractivity contribution in [3.05, 3.63) is 42.2 Å². The van der Waals surface area contributed by atoms with Gasteiger partial charge in [-0.25, -0.2) is 4.98 Å². The van der Waals surface area contributed by atoms with Gasteiger partial charge in [0.25, 0.3) is 0 Å². The van der Waals surface area contributed by atoms with Crippen molar-refractivity contribution >= 4 is 17.3 Å². The lowest BCUT2D eigenvalue weighted by Gasteiger charge is -2.29. The van der Waals surface area contributed by atoms with Crippen LogP contribution in [0.5, 0.6) is 0 Å². The lowest BCUT2D eigenvalue weighted by atomic mass is 9.91. The predicted molar refractivity (Wildman–Crippen MR) is 90.3 cm³/mol. The van der Waals surface area contributed by atoms with Crippen molar-refractivity contribution < 1.29 is 0 Å². The van der Waals surface area contributed by atoms with Gasteiger partial charge >= 0.3 is 0 Å². The summed E-state index contributed by atoms with van der Waals surface area (Å²) >= 11 is 0. The number of nitrogens with two attached hydrogens (primary N) is 1. The van der Waals surface area contributed by atoms with Crippen molar-refractivity contribution in [1.82, 2.24) is 9.97 Å². The van der Waals surface area contributed by atoms with E-state index in [1.807, 2.05) is 12.1 Å². The zero-order chi connectivity index (χ0) is 15.4. The molecule has 0 amide bonds. The maximum absolute atomic E-state index is 6.18. The molecule has 1 saturated carbocycles. The summed E-state index contributed by atoms with van der Waals surface area (Å²) in [5, 5.41) is 6.70. The van der Waals surface area contributed by atoms with Gasteiger partial charge in [0, 0.05) is 17.8 Å². The van der Waals surface area contributed by atoms with Gasteiger partial charge in [-0.3, -0.25) is 4.98 Å². The van der Waals surface area contributed by atoms with E-state index in [9.17, 15) is 0 Å². The number of hydrogen-bond donors (Lipinski definition) is 3. The van der Waals surface area contributed by atoms with Crippen LogP contribution < -0.4 is 16.4 Å². The topological polar surface area (TPSA) is 75.9 Å². The van der Waals surface area contributed by atoms with E-state index in [0.717, 1.165) is 30.2 Å². The average Bonchev–Trinajstić information content (AvgIpc) is 2.52. The summed E-state index contributed by atoms with van der Waals surface area (Å²) < 4.78 is 0. The fraction of sp³-hybridized carbons (Fsp3) is 0.412. The third kappa shape index (κ3) is 3.74. The Morgan fingerprint density at radius 3 is 2.55 bits per heavy atom. The molecule has 5 nitrogen and oxygen atoms in total. The Morgan fingerprint density at radius 1 is 1.05 bits per heavy atom. The summed E-state index contributed by atoms with van der Waals surface area (Å²) in [5.74, 6) is 1.51. The van der Waals surface area contributed by atoms with Gasteiger partial charge in [-0.2, -0.15) is 0 Å². The first-order valence-electron chi connectivity index (χ1n) is 7.88. The van der Waals surface area contributed by atoms with Crippen LogP contribution in [0.2, 0.25) is 0 Å². The summed E-state index contributed by atoms with van der Waals surface area (Å²) in [6.07, 6.45) is 8.10. The van der Waals surface area contributed by atoms with E-state index in [4.69, 9.17) is 5.73 Å². The standard InChI is InChI=1S/C17H23N5/c1-12-6-8-13(9-7-12)20-16-10-19-11-17(22-16)21-15-5-3-2-4-14(15)18/h6-11,14-15H,2-5,18H2,1H3,(H2,20,21,22). The van der Waals surface area contributed by atoms with Crippen LogP contribution in [0, 0.1) is 6.92 Å². The molecule has 2 aromatic rings. The van der Waals surface area contributed by atoms with E-state index >= 15 is 0 Å². The Balaban J connectivity index is 1.68. The molecule has 4 N–H and O–H groups in total. The normalized spacial score (nSPS) is 21.4. The minimum atomic E-state index is 0.198. The minimum absolute atomic E-state index is 0.198. The van der Waals surface area contributed by atoms with Crippen LogP contribution in [0.15, 0.2) is 36.7 Å². The molecule has 1 aromatic carbocycles. The Kier molecular flexibility index (Phi) is 4.53. The van der Waals surface area contributed by atoms with Gasteiger partial charge in [0.15, 0.2) is 5.82 Å². The van der Waals surface area contributed by atoms with Gasteiger partial charge in [0.2, 0.25) is 0 Å². The molecule has 1 aliphatic carbocycles. The molecule has 22 heavy (non-hydrogen) atoms. The quantitative estimate of drug-likeness (QED) is 0.808. The Hall–Kier alpha value is -2.14. The highest BCUT2D eigenvalue weighted by Crippen LogP contribution is 2.21. The fourth-order valence-corrected chi connectivity index (χ4v) is 2.81.